The van der Waals surface area contributed by atoms with Crippen LogP contribution in [0.3, 0.4) is 0 Å². The molecule has 0 N–H and O–H groups in total. The van der Waals surface area contributed by atoms with Gasteiger partial charge in [-0.2, -0.15) is 0 Å². The van der Waals surface area contributed by atoms with Crippen LogP contribution in [-0.4, -0.2) is 26.3 Å². The highest BCUT2D eigenvalue weighted by molar-refractivity contribution is 9.10. The van der Waals surface area contributed by atoms with Gasteiger partial charge in [0.2, 0.25) is 10.0 Å². The number of sulfonamides is 1. The summed E-state index contributed by atoms with van der Waals surface area (Å²) < 4.78 is 51.3. The Kier molecular flexibility index (Phi) is 4.62. The lowest BCUT2D eigenvalue weighted by Gasteiger charge is -2.17. The molecule has 0 saturated carbocycles. The van der Waals surface area contributed by atoms with Crippen molar-refractivity contribution in [2.24, 2.45) is 0 Å². The lowest BCUT2D eigenvalue weighted by Crippen LogP contribution is -2.28. The van der Waals surface area contributed by atoms with Gasteiger partial charge in [-0.15, -0.1) is 0 Å². The summed E-state index contributed by atoms with van der Waals surface area (Å²) in [6.45, 7) is 2.08. The molecular weight excluding hydrogens is 316 g/mol. The van der Waals surface area contributed by atoms with Crippen molar-refractivity contribution in [2.45, 2.75) is 18.2 Å². The number of benzene rings is 1. The molecule has 7 heteroatoms. The SMILES string of the molecule is CCCN(C)S(=O)(=O)c1c(F)cc(F)cc1Br. The van der Waals surface area contributed by atoms with Gasteiger partial charge in [0.25, 0.3) is 0 Å². The molecule has 0 fully saturated rings. The first-order valence-corrected chi connectivity index (χ1v) is 7.15. The molecule has 0 aliphatic carbocycles. The average Bonchev–Trinajstić information content (AvgIpc) is 2.15. The van der Waals surface area contributed by atoms with Crippen molar-refractivity contribution >= 4 is 26.0 Å². The number of halogens is 3. The van der Waals surface area contributed by atoms with Crippen LogP contribution in [0, 0.1) is 11.6 Å². The first kappa shape index (κ1) is 14.5. The van der Waals surface area contributed by atoms with Crippen molar-refractivity contribution in [1.29, 1.82) is 0 Å². The number of hydrogen-bond acceptors (Lipinski definition) is 2. The van der Waals surface area contributed by atoms with Crippen LogP contribution in [0.2, 0.25) is 0 Å². The maximum Gasteiger partial charge on any atom is 0.246 e. The van der Waals surface area contributed by atoms with E-state index in [1.807, 2.05) is 6.92 Å². The molecule has 0 spiro atoms. The highest BCUT2D eigenvalue weighted by Gasteiger charge is 2.27. The molecule has 0 saturated heterocycles. The quantitative estimate of drug-likeness (QED) is 0.852. The van der Waals surface area contributed by atoms with Gasteiger partial charge in [0.1, 0.15) is 16.5 Å². The first-order valence-electron chi connectivity index (χ1n) is 4.91. The van der Waals surface area contributed by atoms with E-state index in [1.165, 1.54) is 7.05 Å². The minimum absolute atomic E-state index is 0.113. The fourth-order valence-electron chi connectivity index (χ4n) is 1.37. The smallest absolute Gasteiger partial charge is 0.207 e. The maximum atomic E-state index is 13.5. The van der Waals surface area contributed by atoms with Crippen LogP contribution < -0.4 is 0 Å². The van der Waals surface area contributed by atoms with E-state index in [2.05, 4.69) is 15.9 Å². The third kappa shape index (κ3) is 3.02. The molecule has 0 aliphatic rings. The van der Waals surface area contributed by atoms with Gasteiger partial charge in [-0.3, -0.25) is 0 Å². The van der Waals surface area contributed by atoms with E-state index >= 15 is 0 Å². The van der Waals surface area contributed by atoms with Crippen LogP contribution in [0.4, 0.5) is 8.78 Å². The minimum atomic E-state index is -3.93. The van der Waals surface area contributed by atoms with E-state index in [0.29, 0.717) is 12.5 Å². The Bertz CT molecular complexity index is 496. The third-order valence-corrected chi connectivity index (χ3v) is 4.99. The summed E-state index contributed by atoms with van der Waals surface area (Å²) in [7, 11) is -2.58. The normalized spacial score (nSPS) is 12.1. The van der Waals surface area contributed by atoms with Gasteiger partial charge in [0.15, 0.2) is 0 Å². The summed E-state index contributed by atoms with van der Waals surface area (Å²) in [6.07, 6.45) is 0.607. The molecule has 17 heavy (non-hydrogen) atoms. The van der Waals surface area contributed by atoms with Crippen molar-refractivity contribution in [3.63, 3.8) is 0 Å². The Morgan fingerprint density at radius 3 is 2.41 bits per heavy atom. The molecule has 1 rings (SSSR count). The van der Waals surface area contributed by atoms with Crippen LogP contribution in [0.5, 0.6) is 0 Å². The minimum Gasteiger partial charge on any atom is -0.207 e. The molecule has 96 valence electrons. The van der Waals surface area contributed by atoms with Gasteiger partial charge in [-0.1, -0.05) is 6.92 Å². The number of hydrogen-bond donors (Lipinski definition) is 0. The summed E-state index contributed by atoms with van der Waals surface area (Å²) in [6, 6.07) is 1.48. The van der Waals surface area contributed by atoms with Gasteiger partial charge in [0.05, 0.1) is 0 Å². The Labute approximate surface area is 108 Å². The molecule has 0 atom stereocenters. The highest BCUT2D eigenvalue weighted by Crippen LogP contribution is 2.28. The molecule has 0 bridgehead atoms. The second-order valence-electron chi connectivity index (χ2n) is 3.53. The van der Waals surface area contributed by atoms with Gasteiger partial charge < -0.3 is 0 Å². The fourth-order valence-corrected chi connectivity index (χ4v) is 3.73. The molecule has 0 aromatic heterocycles. The predicted molar refractivity (Wildman–Crippen MR) is 64.2 cm³/mol. The Balaban J connectivity index is 3.34. The summed E-state index contributed by atoms with van der Waals surface area (Å²) in [5.41, 5.74) is 0. The van der Waals surface area contributed by atoms with Gasteiger partial charge in [-0.25, -0.2) is 21.5 Å². The Hall–Kier alpha value is -0.530. The standard InChI is InChI=1S/C10H12BrF2NO2S/c1-3-4-14(2)17(15,16)10-8(11)5-7(12)6-9(10)13/h5-6H,3-4H2,1-2H3. The zero-order chi connectivity index (χ0) is 13.2. The van der Waals surface area contributed by atoms with Gasteiger partial charge in [0, 0.05) is 24.1 Å². The monoisotopic (exact) mass is 327 g/mol. The fraction of sp³-hybridized carbons (Fsp3) is 0.400. The number of nitrogens with zero attached hydrogens (tertiary/aromatic N) is 1. The van der Waals surface area contributed by atoms with E-state index in [1.54, 1.807) is 0 Å². The zero-order valence-electron chi connectivity index (χ0n) is 9.37. The predicted octanol–water partition coefficient (Wildman–Crippen LogP) is 2.76. The highest BCUT2D eigenvalue weighted by atomic mass is 79.9. The van der Waals surface area contributed by atoms with E-state index < -0.39 is 26.6 Å². The molecule has 1 aromatic carbocycles. The van der Waals surface area contributed by atoms with E-state index in [-0.39, 0.29) is 11.0 Å². The van der Waals surface area contributed by atoms with Crippen LogP contribution in [0.25, 0.3) is 0 Å². The third-order valence-electron chi connectivity index (χ3n) is 2.17. The molecular formula is C10H12BrF2NO2S. The molecule has 0 amide bonds. The lowest BCUT2D eigenvalue weighted by molar-refractivity contribution is 0.459. The van der Waals surface area contributed by atoms with Crippen LogP contribution in [0.1, 0.15) is 13.3 Å². The van der Waals surface area contributed by atoms with Crippen molar-refractivity contribution in [2.75, 3.05) is 13.6 Å². The van der Waals surface area contributed by atoms with Crippen molar-refractivity contribution in [1.82, 2.24) is 4.31 Å². The van der Waals surface area contributed by atoms with Crippen LogP contribution >= 0.6 is 15.9 Å². The van der Waals surface area contributed by atoms with Crippen LogP contribution in [0.15, 0.2) is 21.5 Å². The van der Waals surface area contributed by atoms with E-state index in [9.17, 15) is 17.2 Å². The van der Waals surface area contributed by atoms with E-state index in [0.717, 1.165) is 10.4 Å². The lowest BCUT2D eigenvalue weighted by atomic mass is 10.3. The largest absolute Gasteiger partial charge is 0.246 e. The molecule has 1 aromatic rings. The molecule has 0 heterocycles. The van der Waals surface area contributed by atoms with Crippen molar-refractivity contribution in [3.8, 4) is 0 Å². The second kappa shape index (κ2) is 5.41. The summed E-state index contributed by atoms with van der Waals surface area (Å²) in [5.74, 6) is -1.92. The number of rotatable bonds is 4. The summed E-state index contributed by atoms with van der Waals surface area (Å²) >= 11 is 2.87. The Morgan fingerprint density at radius 1 is 1.35 bits per heavy atom. The van der Waals surface area contributed by atoms with Gasteiger partial charge in [-0.05, 0) is 28.4 Å². The second-order valence-corrected chi connectivity index (χ2v) is 6.36. The Morgan fingerprint density at radius 2 is 1.94 bits per heavy atom. The van der Waals surface area contributed by atoms with Crippen LogP contribution in [-0.2, 0) is 10.0 Å². The summed E-state index contributed by atoms with van der Waals surface area (Å²) in [4.78, 5) is -0.533. The molecule has 0 unspecified atom stereocenters. The molecule has 3 nitrogen and oxygen atoms in total. The summed E-state index contributed by atoms with van der Waals surface area (Å²) in [5, 5.41) is 0. The molecule has 0 aliphatic heterocycles. The topological polar surface area (TPSA) is 37.4 Å². The van der Waals surface area contributed by atoms with Crippen molar-refractivity contribution in [3.05, 3.63) is 28.2 Å². The van der Waals surface area contributed by atoms with Gasteiger partial charge >= 0.3 is 0 Å². The van der Waals surface area contributed by atoms with Crippen molar-refractivity contribution < 1.29 is 17.2 Å². The molecule has 0 radical (unpaired) electrons. The average molecular weight is 328 g/mol. The van der Waals surface area contributed by atoms with E-state index in [4.69, 9.17) is 0 Å². The first-order chi connectivity index (χ1) is 7.80. The zero-order valence-corrected chi connectivity index (χ0v) is 11.8. The maximum absolute atomic E-state index is 13.5.